The SMILES string of the molecule is O=C=Nc1cccc2c1C(=O)NC2=O. The third kappa shape index (κ3) is 1.04. The van der Waals surface area contributed by atoms with E-state index >= 15 is 0 Å². The van der Waals surface area contributed by atoms with Crippen LogP contribution in [0.1, 0.15) is 20.7 Å². The Morgan fingerprint density at radius 3 is 2.71 bits per heavy atom. The van der Waals surface area contributed by atoms with E-state index in [1.165, 1.54) is 18.2 Å². The third-order valence-electron chi connectivity index (χ3n) is 1.91. The van der Waals surface area contributed by atoms with Crippen LogP contribution in [0.25, 0.3) is 0 Å². The highest BCUT2D eigenvalue weighted by molar-refractivity contribution is 6.23. The van der Waals surface area contributed by atoms with Crippen LogP contribution in [-0.4, -0.2) is 17.9 Å². The van der Waals surface area contributed by atoms with Crippen molar-refractivity contribution in [1.29, 1.82) is 0 Å². The zero-order chi connectivity index (χ0) is 10.1. The molecular formula is C9H4N2O3. The number of hydrogen-bond acceptors (Lipinski definition) is 4. The van der Waals surface area contributed by atoms with Crippen LogP contribution in [0, 0.1) is 0 Å². The summed E-state index contributed by atoms with van der Waals surface area (Å²) in [6.45, 7) is 0. The molecule has 1 aliphatic heterocycles. The highest BCUT2D eigenvalue weighted by atomic mass is 16.2. The number of nitrogens with one attached hydrogen (secondary N) is 1. The number of carbonyl (C=O) groups excluding carboxylic acids is 3. The van der Waals surface area contributed by atoms with Crippen LogP contribution in [0.3, 0.4) is 0 Å². The first kappa shape index (κ1) is 8.34. The van der Waals surface area contributed by atoms with Crippen molar-refractivity contribution in [2.24, 2.45) is 4.99 Å². The molecule has 0 radical (unpaired) electrons. The predicted octanol–water partition coefficient (Wildman–Crippen LogP) is 0.538. The number of amides is 2. The van der Waals surface area contributed by atoms with Gasteiger partial charge in [0.1, 0.15) is 0 Å². The molecule has 1 aliphatic rings. The van der Waals surface area contributed by atoms with Gasteiger partial charge in [-0.25, -0.2) is 4.79 Å². The number of isocyanates is 1. The van der Waals surface area contributed by atoms with E-state index < -0.39 is 11.8 Å². The molecule has 0 fully saturated rings. The molecule has 0 unspecified atom stereocenters. The van der Waals surface area contributed by atoms with Crippen LogP contribution < -0.4 is 5.32 Å². The topological polar surface area (TPSA) is 75.6 Å². The number of fused-ring (bicyclic) bond motifs is 1. The van der Waals surface area contributed by atoms with Gasteiger partial charge in [0.25, 0.3) is 11.8 Å². The maximum absolute atomic E-state index is 11.2. The average molecular weight is 188 g/mol. The summed E-state index contributed by atoms with van der Waals surface area (Å²) in [7, 11) is 0. The van der Waals surface area contributed by atoms with E-state index in [9.17, 15) is 14.4 Å². The van der Waals surface area contributed by atoms with Crippen LogP contribution in [0.5, 0.6) is 0 Å². The van der Waals surface area contributed by atoms with Crippen molar-refractivity contribution in [1.82, 2.24) is 5.32 Å². The molecule has 2 rings (SSSR count). The predicted molar refractivity (Wildman–Crippen MR) is 46.0 cm³/mol. The summed E-state index contributed by atoms with van der Waals surface area (Å²) >= 11 is 0. The minimum Gasteiger partial charge on any atom is -0.288 e. The number of carbonyl (C=O) groups is 2. The molecule has 0 bridgehead atoms. The smallest absolute Gasteiger partial charge is 0.261 e. The van der Waals surface area contributed by atoms with E-state index in [4.69, 9.17) is 0 Å². The molecular weight excluding hydrogens is 184 g/mol. The van der Waals surface area contributed by atoms with Gasteiger partial charge in [-0.15, -0.1) is 0 Å². The van der Waals surface area contributed by atoms with E-state index in [2.05, 4.69) is 10.3 Å². The lowest BCUT2D eigenvalue weighted by atomic mass is 10.1. The lowest BCUT2D eigenvalue weighted by molar-refractivity contribution is 0.0880. The van der Waals surface area contributed by atoms with Crippen LogP contribution in [0.2, 0.25) is 0 Å². The highest BCUT2D eigenvalue weighted by Crippen LogP contribution is 2.25. The number of imide groups is 1. The molecule has 0 saturated carbocycles. The lowest BCUT2D eigenvalue weighted by Crippen LogP contribution is -2.19. The van der Waals surface area contributed by atoms with Gasteiger partial charge < -0.3 is 0 Å². The molecule has 0 saturated heterocycles. The molecule has 2 amide bonds. The Bertz CT molecular complexity index is 487. The van der Waals surface area contributed by atoms with Gasteiger partial charge in [0.2, 0.25) is 6.08 Å². The van der Waals surface area contributed by atoms with E-state index in [1.54, 1.807) is 6.07 Å². The van der Waals surface area contributed by atoms with Crippen molar-refractivity contribution >= 4 is 23.6 Å². The van der Waals surface area contributed by atoms with Crippen LogP contribution in [-0.2, 0) is 4.79 Å². The molecule has 5 heteroatoms. The van der Waals surface area contributed by atoms with E-state index in [1.807, 2.05) is 0 Å². The quantitative estimate of drug-likeness (QED) is 0.397. The molecule has 14 heavy (non-hydrogen) atoms. The molecule has 68 valence electrons. The largest absolute Gasteiger partial charge is 0.288 e. The van der Waals surface area contributed by atoms with E-state index in [0.717, 1.165) is 0 Å². The monoisotopic (exact) mass is 188 g/mol. The zero-order valence-electron chi connectivity index (χ0n) is 6.90. The van der Waals surface area contributed by atoms with Crippen molar-refractivity contribution < 1.29 is 14.4 Å². The zero-order valence-corrected chi connectivity index (χ0v) is 6.90. The average Bonchev–Trinajstić information content (AvgIpc) is 2.44. The maximum atomic E-state index is 11.2. The van der Waals surface area contributed by atoms with Gasteiger partial charge in [-0.1, -0.05) is 6.07 Å². The highest BCUT2D eigenvalue weighted by Gasteiger charge is 2.29. The molecule has 0 atom stereocenters. The van der Waals surface area contributed by atoms with Gasteiger partial charge in [-0.2, -0.15) is 4.99 Å². The van der Waals surface area contributed by atoms with Gasteiger partial charge in [-0.3, -0.25) is 14.9 Å². The standard InChI is InChI=1S/C9H4N2O3/c12-4-10-6-3-1-2-5-7(6)9(14)11-8(5)13/h1-3H,(H,11,13,14). The fraction of sp³-hybridized carbons (Fsp3) is 0. The molecule has 1 aromatic rings. The van der Waals surface area contributed by atoms with Gasteiger partial charge in [0.05, 0.1) is 16.8 Å². The summed E-state index contributed by atoms with van der Waals surface area (Å²) in [6, 6.07) is 4.52. The molecule has 5 nitrogen and oxygen atoms in total. The molecule has 1 N–H and O–H groups in total. The van der Waals surface area contributed by atoms with Gasteiger partial charge in [-0.05, 0) is 12.1 Å². The molecule has 0 aliphatic carbocycles. The second-order valence-electron chi connectivity index (χ2n) is 2.69. The van der Waals surface area contributed by atoms with Gasteiger partial charge in [0, 0.05) is 0 Å². The van der Waals surface area contributed by atoms with Gasteiger partial charge >= 0.3 is 0 Å². The molecule has 1 aromatic carbocycles. The second-order valence-corrected chi connectivity index (χ2v) is 2.69. The third-order valence-corrected chi connectivity index (χ3v) is 1.91. The fourth-order valence-electron chi connectivity index (χ4n) is 1.34. The summed E-state index contributed by atoms with van der Waals surface area (Å²) in [5.41, 5.74) is 0.549. The second kappa shape index (κ2) is 2.90. The molecule has 1 heterocycles. The Labute approximate surface area is 78.5 Å². The minimum atomic E-state index is -0.528. The molecule has 0 spiro atoms. The fourth-order valence-corrected chi connectivity index (χ4v) is 1.34. The first-order chi connectivity index (χ1) is 6.74. The van der Waals surface area contributed by atoms with Crippen LogP contribution in [0.4, 0.5) is 5.69 Å². The Hall–Kier alpha value is -2.26. The minimum absolute atomic E-state index is 0.140. The Morgan fingerprint density at radius 1 is 1.21 bits per heavy atom. The van der Waals surface area contributed by atoms with Gasteiger partial charge in [0.15, 0.2) is 0 Å². The van der Waals surface area contributed by atoms with Crippen molar-refractivity contribution in [2.45, 2.75) is 0 Å². The first-order valence-electron chi connectivity index (χ1n) is 3.80. The summed E-state index contributed by atoms with van der Waals surface area (Å²) in [6.07, 6.45) is 1.33. The van der Waals surface area contributed by atoms with Crippen LogP contribution in [0.15, 0.2) is 23.2 Å². The van der Waals surface area contributed by atoms with Crippen LogP contribution >= 0.6 is 0 Å². The summed E-state index contributed by atoms with van der Waals surface area (Å²) in [4.78, 5) is 35.8. The van der Waals surface area contributed by atoms with E-state index in [-0.39, 0.29) is 16.8 Å². The normalized spacial score (nSPS) is 13.1. The molecule has 0 aromatic heterocycles. The Morgan fingerprint density at radius 2 is 2.00 bits per heavy atom. The van der Waals surface area contributed by atoms with Crippen molar-refractivity contribution in [3.63, 3.8) is 0 Å². The van der Waals surface area contributed by atoms with Crippen molar-refractivity contribution in [3.05, 3.63) is 29.3 Å². The summed E-state index contributed by atoms with van der Waals surface area (Å²) in [5.74, 6) is -0.993. The van der Waals surface area contributed by atoms with Crippen molar-refractivity contribution in [2.75, 3.05) is 0 Å². The Balaban J connectivity index is 2.73. The van der Waals surface area contributed by atoms with E-state index in [0.29, 0.717) is 0 Å². The number of hydrogen-bond donors (Lipinski definition) is 1. The Kier molecular flexibility index (Phi) is 1.73. The van der Waals surface area contributed by atoms with Crippen molar-refractivity contribution in [3.8, 4) is 0 Å². The number of nitrogens with zero attached hydrogens (tertiary/aromatic N) is 1. The number of rotatable bonds is 1. The summed E-state index contributed by atoms with van der Waals surface area (Å²) < 4.78 is 0. The summed E-state index contributed by atoms with van der Waals surface area (Å²) in [5, 5.41) is 2.11. The number of aliphatic imine (C=N–C) groups is 1. The first-order valence-corrected chi connectivity index (χ1v) is 3.80. The maximum Gasteiger partial charge on any atom is 0.261 e. The lowest BCUT2D eigenvalue weighted by Gasteiger charge is -1.95. The number of benzene rings is 1.